The maximum absolute atomic E-state index is 13.2. The van der Waals surface area contributed by atoms with Gasteiger partial charge >= 0.3 is 0 Å². The highest BCUT2D eigenvalue weighted by Gasteiger charge is 2.34. The summed E-state index contributed by atoms with van der Waals surface area (Å²) in [4.78, 5) is 22.7. The molecule has 3 N–H and O–H groups in total. The molecule has 0 radical (unpaired) electrons. The van der Waals surface area contributed by atoms with Crippen molar-refractivity contribution in [3.05, 3.63) is 34.2 Å². The molecule has 2 aromatic rings. The van der Waals surface area contributed by atoms with Crippen LogP contribution < -0.4 is 15.4 Å². The van der Waals surface area contributed by atoms with Crippen LogP contribution in [0.25, 0.3) is 0 Å². The maximum Gasteiger partial charge on any atom is 0.234 e. The van der Waals surface area contributed by atoms with Crippen LogP contribution in [0.3, 0.4) is 0 Å². The van der Waals surface area contributed by atoms with E-state index in [9.17, 15) is 13.2 Å². The van der Waals surface area contributed by atoms with Crippen molar-refractivity contribution >= 4 is 68.1 Å². The van der Waals surface area contributed by atoms with Crippen molar-refractivity contribution in [3.8, 4) is 0 Å². The third-order valence-corrected chi connectivity index (χ3v) is 8.60. The van der Waals surface area contributed by atoms with Crippen LogP contribution >= 0.6 is 35.0 Å². The van der Waals surface area contributed by atoms with Gasteiger partial charge in [-0.1, -0.05) is 30.1 Å². The lowest BCUT2D eigenvalue weighted by Gasteiger charge is -2.17. The van der Waals surface area contributed by atoms with Gasteiger partial charge in [-0.3, -0.25) is 9.52 Å². The van der Waals surface area contributed by atoms with Gasteiger partial charge in [-0.2, -0.15) is 0 Å². The fraction of sp³-hybridized carbons (Fsp3) is 0.450. The molecule has 1 saturated heterocycles. The number of anilines is 3. The molecule has 2 aliphatic rings. The fourth-order valence-corrected chi connectivity index (χ4v) is 6.56. The molecule has 1 amide bonds. The van der Waals surface area contributed by atoms with Crippen molar-refractivity contribution in [3.63, 3.8) is 0 Å². The number of fused-ring (bicyclic) bond motifs is 1. The first kappa shape index (κ1) is 24.3. The minimum atomic E-state index is -3.56. The second kappa shape index (κ2) is 10.2. The Morgan fingerprint density at radius 1 is 1.30 bits per heavy atom. The average Bonchev–Trinajstić information content (AvgIpc) is 3.43. The van der Waals surface area contributed by atoms with Crippen LogP contribution in [-0.4, -0.2) is 55.1 Å². The fourth-order valence-electron chi connectivity index (χ4n) is 3.61. The van der Waals surface area contributed by atoms with E-state index in [2.05, 4.69) is 25.3 Å². The number of carbonyl (C=O) groups excluding carboxylic acids is 1. The summed E-state index contributed by atoms with van der Waals surface area (Å²) in [6, 6.07) is 3.12. The minimum Gasteiger partial charge on any atom is -0.379 e. The Bertz CT molecular complexity index is 1160. The number of rotatable bonds is 8. The second-order valence-corrected chi connectivity index (χ2v) is 11.4. The number of hydrogen-bond acceptors (Lipinski definition) is 8. The predicted molar refractivity (Wildman–Crippen MR) is 131 cm³/mol. The quantitative estimate of drug-likeness (QED) is 0.467. The number of ether oxygens (including phenoxy) is 1. The van der Waals surface area contributed by atoms with E-state index in [4.69, 9.17) is 27.9 Å². The molecule has 33 heavy (non-hydrogen) atoms. The number of sulfonamides is 1. The predicted octanol–water partition coefficient (Wildman–Crippen LogP) is 3.96. The smallest absolute Gasteiger partial charge is 0.234 e. The first-order chi connectivity index (χ1) is 15.8. The molecule has 2 aliphatic heterocycles. The number of carbonyl (C=O) groups is 1. The van der Waals surface area contributed by atoms with Crippen molar-refractivity contribution in [2.45, 2.75) is 36.6 Å². The Morgan fingerprint density at radius 2 is 2.12 bits per heavy atom. The topological polar surface area (TPSA) is 122 Å². The van der Waals surface area contributed by atoms with Gasteiger partial charge in [-0.15, -0.1) is 11.8 Å². The van der Waals surface area contributed by atoms with E-state index in [1.54, 1.807) is 6.92 Å². The van der Waals surface area contributed by atoms with Crippen LogP contribution in [0.4, 0.5) is 17.2 Å². The molecule has 178 valence electrons. The van der Waals surface area contributed by atoms with Gasteiger partial charge in [0.25, 0.3) is 0 Å². The Hall–Kier alpha value is -1.79. The summed E-state index contributed by atoms with van der Waals surface area (Å²) in [5, 5.41) is 6.35. The van der Waals surface area contributed by atoms with Crippen LogP contribution in [0, 0.1) is 0 Å². The number of thioether (sulfide) groups is 1. The lowest BCUT2D eigenvalue weighted by molar-refractivity contribution is -0.117. The molecule has 9 nitrogen and oxygen atoms in total. The van der Waals surface area contributed by atoms with Crippen LogP contribution in [0.1, 0.15) is 31.4 Å². The van der Waals surface area contributed by atoms with E-state index in [1.165, 1.54) is 30.2 Å². The molecule has 1 fully saturated rings. The van der Waals surface area contributed by atoms with Crippen molar-refractivity contribution in [2.75, 3.05) is 40.1 Å². The number of hydrogen-bond donors (Lipinski definition) is 3. The van der Waals surface area contributed by atoms with E-state index in [0.717, 1.165) is 11.3 Å². The van der Waals surface area contributed by atoms with E-state index in [1.807, 2.05) is 0 Å². The molecule has 0 spiro atoms. The summed E-state index contributed by atoms with van der Waals surface area (Å²) >= 11 is 14.2. The highest BCUT2D eigenvalue weighted by atomic mass is 35.5. The summed E-state index contributed by atoms with van der Waals surface area (Å²) < 4.78 is 32.2. The van der Waals surface area contributed by atoms with Crippen LogP contribution in [-0.2, 0) is 19.6 Å². The first-order valence-corrected chi connectivity index (χ1v) is 13.8. The molecule has 2 unspecified atom stereocenters. The van der Waals surface area contributed by atoms with Gasteiger partial charge in [0.05, 0.1) is 56.3 Å². The SMILES string of the molecule is CCCS(=O)(=O)Nc1ccc(Cl)c(NC(=O)C2CSc3c(NC4CCOC4)ncnc32)c1Cl. The summed E-state index contributed by atoms with van der Waals surface area (Å²) in [7, 11) is -3.56. The summed E-state index contributed by atoms with van der Waals surface area (Å²) in [5.41, 5.74) is 0.925. The molecule has 4 rings (SSSR count). The highest BCUT2D eigenvalue weighted by molar-refractivity contribution is 7.99. The minimum absolute atomic E-state index is 0.0210. The van der Waals surface area contributed by atoms with E-state index in [0.29, 0.717) is 36.9 Å². The van der Waals surface area contributed by atoms with E-state index < -0.39 is 15.9 Å². The maximum atomic E-state index is 13.2. The molecule has 1 aromatic heterocycles. The summed E-state index contributed by atoms with van der Waals surface area (Å²) in [6.07, 6.45) is 2.78. The number of aromatic nitrogens is 2. The largest absolute Gasteiger partial charge is 0.379 e. The molecule has 0 bridgehead atoms. The summed E-state index contributed by atoms with van der Waals surface area (Å²) in [5.74, 6) is 0.244. The van der Waals surface area contributed by atoms with E-state index in [-0.39, 0.29) is 39.1 Å². The van der Waals surface area contributed by atoms with Gasteiger partial charge in [-0.05, 0) is 25.0 Å². The number of amides is 1. The van der Waals surface area contributed by atoms with Crippen molar-refractivity contribution in [1.29, 1.82) is 0 Å². The molecule has 0 saturated carbocycles. The van der Waals surface area contributed by atoms with Crippen molar-refractivity contribution in [1.82, 2.24) is 9.97 Å². The Labute approximate surface area is 206 Å². The normalized spacial score (nSPS) is 19.8. The number of nitrogens with one attached hydrogen (secondary N) is 3. The number of benzene rings is 1. The van der Waals surface area contributed by atoms with Crippen LogP contribution in [0.5, 0.6) is 0 Å². The molecular formula is C20H23Cl2N5O4S2. The first-order valence-electron chi connectivity index (χ1n) is 10.4. The zero-order chi connectivity index (χ0) is 23.6. The third-order valence-electron chi connectivity index (χ3n) is 5.22. The van der Waals surface area contributed by atoms with Gasteiger partial charge in [0.1, 0.15) is 12.1 Å². The second-order valence-electron chi connectivity index (χ2n) is 7.70. The summed E-state index contributed by atoms with van der Waals surface area (Å²) in [6.45, 7) is 3.08. The lowest BCUT2D eigenvalue weighted by Crippen LogP contribution is -2.23. The van der Waals surface area contributed by atoms with Crippen LogP contribution in [0.15, 0.2) is 23.4 Å². The number of halogens is 2. The van der Waals surface area contributed by atoms with Gasteiger partial charge in [-0.25, -0.2) is 18.4 Å². The monoisotopic (exact) mass is 531 g/mol. The molecular weight excluding hydrogens is 509 g/mol. The zero-order valence-electron chi connectivity index (χ0n) is 17.7. The van der Waals surface area contributed by atoms with Crippen molar-refractivity contribution < 1.29 is 17.9 Å². The standard InChI is InChI=1S/C20H23Cl2N5O4S2/c1-2-7-33(29,30)27-14-4-3-13(21)17(15(14)22)26-20(28)12-9-32-18-16(12)23-10-24-19(18)25-11-5-6-31-8-11/h3-4,10-12,27H,2,5-9H2,1H3,(H,26,28)(H,23,24,25). The van der Waals surface area contributed by atoms with Crippen molar-refractivity contribution in [2.24, 2.45) is 0 Å². The highest BCUT2D eigenvalue weighted by Crippen LogP contribution is 2.44. The zero-order valence-corrected chi connectivity index (χ0v) is 20.9. The average molecular weight is 532 g/mol. The van der Waals surface area contributed by atoms with Gasteiger partial charge in [0, 0.05) is 12.4 Å². The van der Waals surface area contributed by atoms with E-state index >= 15 is 0 Å². The third kappa shape index (κ3) is 5.48. The molecule has 2 atom stereocenters. The molecule has 13 heteroatoms. The Balaban J connectivity index is 1.54. The Morgan fingerprint density at radius 3 is 2.85 bits per heavy atom. The van der Waals surface area contributed by atoms with Gasteiger partial charge in [0.15, 0.2) is 0 Å². The Kier molecular flexibility index (Phi) is 7.54. The molecule has 3 heterocycles. The lowest BCUT2D eigenvalue weighted by atomic mass is 10.1. The van der Waals surface area contributed by atoms with Crippen LogP contribution in [0.2, 0.25) is 10.0 Å². The van der Waals surface area contributed by atoms with Gasteiger partial charge in [0.2, 0.25) is 15.9 Å². The molecule has 0 aliphatic carbocycles. The number of nitrogens with zero attached hydrogens (tertiary/aromatic N) is 2. The van der Waals surface area contributed by atoms with Gasteiger partial charge < -0.3 is 15.4 Å². The molecule has 1 aromatic carbocycles.